The van der Waals surface area contributed by atoms with Crippen LogP contribution in [0.4, 0.5) is 11.4 Å². The van der Waals surface area contributed by atoms with Gasteiger partial charge in [-0.1, -0.05) is 60.1 Å². The number of anilines is 2. The van der Waals surface area contributed by atoms with Gasteiger partial charge in [0.05, 0.1) is 12.4 Å². The largest absolute Gasteiger partial charge is 0.493 e. The molecule has 0 aliphatic carbocycles. The van der Waals surface area contributed by atoms with Crippen molar-refractivity contribution in [1.82, 2.24) is 5.32 Å². The van der Waals surface area contributed by atoms with Crippen molar-refractivity contribution < 1.29 is 19.1 Å². The van der Waals surface area contributed by atoms with Crippen molar-refractivity contribution in [2.24, 2.45) is 0 Å². The highest BCUT2D eigenvalue weighted by Crippen LogP contribution is 2.25. The summed E-state index contributed by atoms with van der Waals surface area (Å²) in [6, 6.07) is 28.4. The normalized spacial score (nSPS) is 11.0. The SMILES string of the molecule is CCOc1ccccc1/C=C(/NC(=O)c1ccccc1)C(=O)Nc1cccc(SCC(=O)Nc2ccc(C)c(Cl)c2)c1. The first kappa shape index (κ1) is 30.4. The molecule has 0 bridgehead atoms. The van der Waals surface area contributed by atoms with Crippen molar-refractivity contribution >= 4 is 58.5 Å². The average Bonchev–Trinajstić information content (AvgIpc) is 2.99. The number of hydrogen-bond donors (Lipinski definition) is 3. The third kappa shape index (κ3) is 8.73. The van der Waals surface area contributed by atoms with Gasteiger partial charge in [-0.05, 0) is 74.0 Å². The van der Waals surface area contributed by atoms with Gasteiger partial charge in [0.2, 0.25) is 5.91 Å². The minimum absolute atomic E-state index is 0.0465. The molecule has 0 saturated heterocycles. The van der Waals surface area contributed by atoms with Gasteiger partial charge in [-0.2, -0.15) is 0 Å². The highest BCUT2D eigenvalue weighted by Gasteiger charge is 2.16. The van der Waals surface area contributed by atoms with Gasteiger partial charge in [-0.3, -0.25) is 14.4 Å². The van der Waals surface area contributed by atoms with E-state index >= 15 is 0 Å². The standard InChI is InChI=1S/C33H30ClN3O4S/c1-3-41-30-15-8-7-12-24(30)18-29(37-32(39)23-10-5-4-6-11-23)33(40)36-25-13-9-14-27(19-25)42-21-31(38)35-26-17-16-22(2)28(34)20-26/h4-20H,3,21H2,1-2H3,(H,35,38)(H,36,40)(H,37,39)/b29-18+. The third-order valence-electron chi connectivity index (χ3n) is 5.96. The van der Waals surface area contributed by atoms with E-state index in [0.29, 0.717) is 39.9 Å². The number of carbonyl (C=O) groups excluding carboxylic acids is 3. The molecule has 0 aliphatic rings. The number of ether oxygens (including phenoxy) is 1. The van der Waals surface area contributed by atoms with Crippen LogP contribution in [0.25, 0.3) is 6.08 Å². The quantitative estimate of drug-likeness (QED) is 0.125. The fourth-order valence-electron chi connectivity index (χ4n) is 3.86. The van der Waals surface area contributed by atoms with Crippen molar-refractivity contribution in [2.75, 3.05) is 23.0 Å². The van der Waals surface area contributed by atoms with E-state index in [1.165, 1.54) is 11.8 Å². The Hall–Kier alpha value is -4.53. The number of carbonyl (C=O) groups is 3. The van der Waals surface area contributed by atoms with Gasteiger partial charge in [0.15, 0.2) is 0 Å². The molecule has 3 amide bonds. The molecule has 0 unspecified atom stereocenters. The number of halogens is 1. The Morgan fingerprint density at radius 2 is 1.60 bits per heavy atom. The van der Waals surface area contributed by atoms with Crippen LogP contribution >= 0.6 is 23.4 Å². The second kappa shape index (κ2) is 14.9. The molecule has 0 atom stereocenters. The monoisotopic (exact) mass is 599 g/mol. The van der Waals surface area contributed by atoms with Gasteiger partial charge in [-0.15, -0.1) is 11.8 Å². The summed E-state index contributed by atoms with van der Waals surface area (Å²) in [5, 5.41) is 9.02. The maximum atomic E-state index is 13.5. The first-order valence-electron chi connectivity index (χ1n) is 13.2. The molecule has 0 heterocycles. The number of nitrogens with one attached hydrogen (secondary N) is 3. The summed E-state index contributed by atoms with van der Waals surface area (Å²) in [6.07, 6.45) is 1.58. The average molecular weight is 600 g/mol. The van der Waals surface area contributed by atoms with E-state index in [0.717, 1.165) is 10.5 Å². The first-order valence-corrected chi connectivity index (χ1v) is 14.6. The molecule has 7 nitrogen and oxygen atoms in total. The van der Waals surface area contributed by atoms with E-state index in [-0.39, 0.29) is 17.4 Å². The summed E-state index contributed by atoms with van der Waals surface area (Å²) < 4.78 is 5.70. The molecule has 3 N–H and O–H groups in total. The number of rotatable bonds is 11. The van der Waals surface area contributed by atoms with Gasteiger partial charge in [0, 0.05) is 32.4 Å². The van der Waals surface area contributed by atoms with Crippen LogP contribution in [0, 0.1) is 6.92 Å². The van der Waals surface area contributed by atoms with Crippen molar-refractivity contribution in [3.05, 3.63) is 124 Å². The summed E-state index contributed by atoms with van der Waals surface area (Å²) in [4.78, 5) is 39.7. The van der Waals surface area contributed by atoms with E-state index in [4.69, 9.17) is 16.3 Å². The minimum atomic E-state index is -0.512. The fourth-order valence-corrected chi connectivity index (χ4v) is 4.80. The zero-order chi connectivity index (χ0) is 29.9. The van der Waals surface area contributed by atoms with Crippen LogP contribution in [-0.4, -0.2) is 30.1 Å². The molecule has 0 radical (unpaired) electrons. The maximum Gasteiger partial charge on any atom is 0.272 e. The minimum Gasteiger partial charge on any atom is -0.493 e. The van der Waals surface area contributed by atoms with E-state index in [1.54, 1.807) is 72.8 Å². The lowest BCUT2D eigenvalue weighted by atomic mass is 10.1. The molecule has 42 heavy (non-hydrogen) atoms. The number of amides is 3. The Morgan fingerprint density at radius 1 is 0.857 bits per heavy atom. The number of hydrogen-bond acceptors (Lipinski definition) is 5. The van der Waals surface area contributed by atoms with Crippen molar-refractivity contribution in [2.45, 2.75) is 18.7 Å². The summed E-state index contributed by atoms with van der Waals surface area (Å²) >= 11 is 7.48. The molecule has 4 aromatic rings. The smallest absolute Gasteiger partial charge is 0.272 e. The second-order valence-corrected chi connectivity index (χ2v) is 10.6. The summed E-state index contributed by atoms with van der Waals surface area (Å²) in [5.41, 5.74) is 3.17. The van der Waals surface area contributed by atoms with Crippen LogP contribution < -0.4 is 20.7 Å². The van der Waals surface area contributed by atoms with Gasteiger partial charge in [0.1, 0.15) is 11.4 Å². The van der Waals surface area contributed by atoms with Crippen LogP contribution in [0.15, 0.2) is 108 Å². The lowest BCUT2D eigenvalue weighted by Gasteiger charge is -2.13. The molecule has 0 saturated carbocycles. The van der Waals surface area contributed by atoms with Crippen molar-refractivity contribution in [1.29, 1.82) is 0 Å². The number of aryl methyl sites for hydroxylation is 1. The van der Waals surface area contributed by atoms with Crippen LogP contribution in [0.5, 0.6) is 5.75 Å². The molecule has 4 aromatic carbocycles. The van der Waals surface area contributed by atoms with E-state index in [1.807, 2.05) is 44.2 Å². The highest BCUT2D eigenvalue weighted by atomic mass is 35.5. The van der Waals surface area contributed by atoms with Crippen LogP contribution in [0.2, 0.25) is 5.02 Å². The molecule has 214 valence electrons. The van der Waals surface area contributed by atoms with E-state index in [2.05, 4.69) is 16.0 Å². The summed E-state index contributed by atoms with van der Waals surface area (Å²) in [5.74, 6) is -0.368. The Balaban J connectivity index is 1.48. The zero-order valence-corrected chi connectivity index (χ0v) is 24.7. The van der Waals surface area contributed by atoms with Crippen LogP contribution in [-0.2, 0) is 9.59 Å². The van der Waals surface area contributed by atoms with Gasteiger partial charge in [-0.25, -0.2) is 0 Å². The Kier molecular flexibility index (Phi) is 10.8. The summed E-state index contributed by atoms with van der Waals surface area (Å²) in [6.45, 7) is 4.22. The lowest BCUT2D eigenvalue weighted by molar-refractivity contribution is -0.114. The van der Waals surface area contributed by atoms with Crippen LogP contribution in [0.1, 0.15) is 28.4 Å². The third-order valence-corrected chi connectivity index (χ3v) is 7.37. The van der Waals surface area contributed by atoms with Gasteiger partial charge >= 0.3 is 0 Å². The number of benzene rings is 4. The van der Waals surface area contributed by atoms with Crippen molar-refractivity contribution in [3.63, 3.8) is 0 Å². The van der Waals surface area contributed by atoms with Gasteiger partial charge in [0.25, 0.3) is 11.8 Å². The number of thioether (sulfide) groups is 1. The molecule has 0 fully saturated rings. The van der Waals surface area contributed by atoms with Crippen molar-refractivity contribution in [3.8, 4) is 5.75 Å². The Labute approximate surface area is 254 Å². The molecular formula is C33H30ClN3O4S. The molecular weight excluding hydrogens is 570 g/mol. The number of para-hydroxylation sites is 1. The van der Waals surface area contributed by atoms with Crippen LogP contribution in [0.3, 0.4) is 0 Å². The molecule has 0 aromatic heterocycles. The lowest BCUT2D eigenvalue weighted by Crippen LogP contribution is -2.30. The van der Waals surface area contributed by atoms with Gasteiger partial charge < -0.3 is 20.7 Å². The topological polar surface area (TPSA) is 96.5 Å². The van der Waals surface area contributed by atoms with E-state index in [9.17, 15) is 14.4 Å². The fraction of sp³-hybridized carbons (Fsp3) is 0.121. The Bertz CT molecular complexity index is 1610. The molecule has 4 rings (SSSR count). The molecule has 0 aliphatic heterocycles. The molecule has 0 spiro atoms. The highest BCUT2D eigenvalue weighted by molar-refractivity contribution is 8.00. The first-order chi connectivity index (χ1) is 20.3. The Morgan fingerprint density at radius 3 is 2.36 bits per heavy atom. The maximum absolute atomic E-state index is 13.5. The predicted octanol–water partition coefficient (Wildman–Crippen LogP) is 7.19. The summed E-state index contributed by atoms with van der Waals surface area (Å²) in [7, 11) is 0. The predicted molar refractivity (Wildman–Crippen MR) is 170 cm³/mol. The zero-order valence-electron chi connectivity index (χ0n) is 23.1. The second-order valence-electron chi connectivity index (χ2n) is 9.13. The van der Waals surface area contributed by atoms with E-state index < -0.39 is 11.8 Å². The molecule has 9 heteroatoms.